The van der Waals surface area contributed by atoms with Crippen LogP contribution in [0.5, 0.6) is 0 Å². The SMILES string of the molecule is C[C@H](CC[C@@H](O[C@@H]1O[C@H](CO[C@@H]2O[C@H](CO)[C@@H](O)[C@H](O)[C@H]2O)[C@@H](O)[C@H](O)[C@H]1O[C@@H]1O[C@H](CO)[C@@H](O)[C@H](O)[C@H]1O)C(C)(C)O)C1CC[C@@]2(C)C3CC=C4C(CC[C@H](O[C@@H]5O[C@H](CCO[C@H]6O[C@H](CO)[C@@H](O)[C@H](O)[C@H]6O)[C@@H](O)[C@H](O)[C@H]5O)C4(C)C)[C@]3(C)[C@H](O)C[C@]12C. The second kappa shape index (κ2) is 28.2. The normalized spacial score (nSPS) is 51.3. The Morgan fingerprint density at radius 2 is 1.01 bits per heavy atom. The first-order chi connectivity index (χ1) is 42.1. The van der Waals surface area contributed by atoms with Crippen LogP contribution in [0.25, 0.3) is 0 Å². The third-order valence-electron chi connectivity index (χ3n) is 23.1. The lowest BCUT2D eigenvalue weighted by Gasteiger charge is -2.67. The number of allylic oxidation sites excluding steroid dienone is 1. The number of aliphatic hydroxyl groups excluding tert-OH is 18. The van der Waals surface area contributed by atoms with Gasteiger partial charge in [0.1, 0.15) is 116 Å². The van der Waals surface area contributed by atoms with Crippen molar-refractivity contribution in [3.63, 3.8) is 0 Å². The maximum atomic E-state index is 12.8. The third-order valence-corrected chi connectivity index (χ3v) is 23.1. The predicted octanol–water partition coefficient (Wildman–Crippen LogP) is -5.02. The molecular weight excluding hydrogens is 1200 g/mol. The molecule has 0 aromatic heterocycles. The molecular formula is C61H104O29. The van der Waals surface area contributed by atoms with Gasteiger partial charge in [0.15, 0.2) is 31.5 Å². The maximum Gasteiger partial charge on any atom is 0.187 e. The first-order valence-electron chi connectivity index (χ1n) is 32.1. The lowest BCUT2D eigenvalue weighted by molar-refractivity contribution is -0.380. The van der Waals surface area contributed by atoms with E-state index in [1.165, 1.54) is 13.8 Å². The van der Waals surface area contributed by atoms with Crippen molar-refractivity contribution in [1.82, 2.24) is 0 Å². The number of hydrogen-bond acceptors (Lipinski definition) is 29. The molecule has 3 saturated carbocycles. The van der Waals surface area contributed by atoms with Crippen molar-refractivity contribution in [1.29, 1.82) is 0 Å². The molecule has 19 N–H and O–H groups in total. The zero-order valence-corrected chi connectivity index (χ0v) is 52.5. The monoisotopic (exact) mass is 1300 g/mol. The Morgan fingerprint density at radius 1 is 0.533 bits per heavy atom. The molecule has 35 atom stereocenters. The fraction of sp³-hybridized carbons (Fsp3) is 0.967. The molecule has 3 unspecified atom stereocenters. The number of fused-ring (bicyclic) bond motifs is 5. The topological polar surface area (TPSA) is 477 Å². The molecule has 90 heavy (non-hydrogen) atoms. The van der Waals surface area contributed by atoms with Gasteiger partial charge in [-0.15, -0.1) is 0 Å². The van der Waals surface area contributed by atoms with E-state index in [-0.39, 0.29) is 54.0 Å². The smallest absolute Gasteiger partial charge is 0.187 e. The summed E-state index contributed by atoms with van der Waals surface area (Å²) in [5.41, 5.74) is -2.41. The van der Waals surface area contributed by atoms with E-state index in [1.54, 1.807) is 0 Å². The zero-order chi connectivity index (χ0) is 66.2. The van der Waals surface area contributed by atoms with E-state index in [4.69, 9.17) is 47.4 Å². The van der Waals surface area contributed by atoms with Crippen LogP contribution in [0, 0.1) is 45.3 Å². The van der Waals surface area contributed by atoms with E-state index in [0.29, 0.717) is 32.1 Å². The highest BCUT2D eigenvalue weighted by Crippen LogP contribution is 2.75. The zero-order valence-electron chi connectivity index (χ0n) is 52.5. The molecule has 29 nitrogen and oxygen atoms in total. The molecule has 0 spiro atoms. The van der Waals surface area contributed by atoms with Crippen molar-refractivity contribution < 1.29 is 144 Å². The maximum absolute atomic E-state index is 12.8. The van der Waals surface area contributed by atoms with Crippen LogP contribution in [0.2, 0.25) is 0 Å². The van der Waals surface area contributed by atoms with Crippen molar-refractivity contribution in [2.24, 2.45) is 45.3 Å². The van der Waals surface area contributed by atoms with Gasteiger partial charge in [-0.3, -0.25) is 0 Å². The molecule has 522 valence electrons. The molecule has 0 aromatic carbocycles. The number of rotatable bonds is 21. The molecule has 5 aliphatic heterocycles. The lowest BCUT2D eigenvalue weighted by atomic mass is 9.38. The van der Waals surface area contributed by atoms with Crippen LogP contribution < -0.4 is 0 Å². The standard InChI is InChI=1S/C61H104O29/c1-24(9-13-36(58(4,5)80)89-56-51(90-55-50(79)45(74)40(69)31(22-64)86-55)46(75)41(70)32(87-56)23-82-53-48(77)44(73)39(68)30(21-63)85-53)25-15-17-59(6)33-12-10-26-27(61(33,8)34(65)19-60(25,59)7)11-14-35(57(26,2)3)88-54-49(78)42(71)37(66)28(83-54)16-18-81-52-47(76)43(72)38(67)29(20-62)84-52/h10,24-25,27-56,62-80H,9,11-23H2,1-8H3/t24-,25?,27?,28-,29-,30-,31-,32-,33?,34-,35+,36-,37-,38-,39-,40-,41-,42+,43+,44+,45+,46+,47-,48-,49-,50-,51-,52+,53-,54+,55+,56+,59+,60-,61+/m1/s1. The van der Waals surface area contributed by atoms with E-state index in [2.05, 4.69) is 47.6 Å². The van der Waals surface area contributed by atoms with Crippen LogP contribution >= 0.6 is 0 Å². The quantitative estimate of drug-likeness (QED) is 0.0479. The van der Waals surface area contributed by atoms with Gasteiger partial charge in [0.25, 0.3) is 0 Å². The summed E-state index contributed by atoms with van der Waals surface area (Å²) in [5, 5.41) is 205. The molecule has 8 fully saturated rings. The van der Waals surface area contributed by atoms with E-state index in [1.807, 2.05) is 0 Å². The van der Waals surface area contributed by atoms with E-state index >= 15 is 0 Å². The molecule has 5 heterocycles. The van der Waals surface area contributed by atoms with Crippen LogP contribution in [-0.2, 0) is 47.4 Å². The van der Waals surface area contributed by atoms with Gasteiger partial charge < -0.3 is 144 Å². The van der Waals surface area contributed by atoms with Gasteiger partial charge in [-0.05, 0) is 106 Å². The molecule has 0 radical (unpaired) electrons. The minimum Gasteiger partial charge on any atom is -0.394 e. The minimum absolute atomic E-state index is 0.0323. The van der Waals surface area contributed by atoms with Crippen LogP contribution in [0.1, 0.15) is 113 Å². The summed E-state index contributed by atoms with van der Waals surface area (Å²) < 4.78 is 59.5. The number of hydrogen-bond donors (Lipinski definition) is 19. The van der Waals surface area contributed by atoms with E-state index in [9.17, 15) is 97.0 Å². The van der Waals surface area contributed by atoms with Gasteiger partial charge in [-0.1, -0.05) is 53.2 Å². The van der Waals surface area contributed by atoms with Gasteiger partial charge in [0.05, 0.1) is 63.1 Å². The molecule has 0 aromatic rings. The third kappa shape index (κ3) is 13.3. The first kappa shape index (κ1) is 72.8. The Morgan fingerprint density at radius 3 is 1.56 bits per heavy atom. The largest absolute Gasteiger partial charge is 0.394 e. The Labute approximate surface area is 523 Å². The lowest BCUT2D eigenvalue weighted by Crippen LogP contribution is -2.65. The van der Waals surface area contributed by atoms with Gasteiger partial charge in [-0.2, -0.15) is 0 Å². The molecule has 5 saturated heterocycles. The summed E-state index contributed by atoms with van der Waals surface area (Å²) >= 11 is 0. The molecule has 0 bridgehead atoms. The summed E-state index contributed by atoms with van der Waals surface area (Å²) in [6, 6.07) is 0. The highest BCUT2D eigenvalue weighted by molar-refractivity contribution is 5.32. The second-order valence-electron chi connectivity index (χ2n) is 29.0. The summed E-state index contributed by atoms with van der Waals surface area (Å²) in [6.45, 7) is 13.0. The minimum atomic E-state index is -1.96. The van der Waals surface area contributed by atoms with Gasteiger partial charge in [0, 0.05) is 10.8 Å². The number of aliphatic hydroxyl groups is 19. The van der Waals surface area contributed by atoms with Crippen molar-refractivity contribution >= 4 is 0 Å². The average Bonchev–Trinajstić information content (AvgIpc) is 1.28. The number of ether oxygens (including phenoxy) is 10. The van der Waals surface area contributed by atoms with Gasteiger partial charge in [-0.25, -0.2) is 0 Å². The van der Waals surface area contributed by atoms with Crippen molar-refractivity contribution in [3.8, 4) is 0 Å². The fourth-order valence-electron chi connectivity index (χ4n) is 17.2. The highest BCUT2D eigenvalue weighted by Gasteiger charge is 2.70. The molecule has 29 heteroatoms. The molecule has 9 rings (SSSR count). The van der Waals surface area contributed by atoms with Gasteiger partial charge in [0.2, 0.25) is 0 Å². The highest BCUT2D eigenvalue weighted by atomic mass is 16.8. The molecule has 9 aliphatic rings. The molecule has 4 aliphatic carbocycles. The Hall–Kier alpha value is -1.42. The van der Waals surface area contributed by atoms with E-state index in [0.717, 1.165) is 18.4 Å². The average molecular weight is 1300 g/mol. The fourth-order valence-corrected chi connectivity index (χ4v) is 17.2. The Balaban J connectivity index is 0.874. The summed E-state index contributed by atoms with van der Waals surface area (Å²) in [6.07, 6.45) is -36.4. The first-order valence-corrected chi connectivity index (χ1v) is 32.1. The second-order valence-corrected chi connectivity index (χ2v) is 29.0. The molecule has 0 amide bonds. The van der Waals surface area contributed by atoms with E-state index < -0.39 is 215 Å². The van der Waals surface area contributed by atoms with Crippen LogP contribution in [-0.4, -0.2) is 308 Å². The summed E-state index contributed by atoms with van der Waals surface area (Å²) in [5.74, 6) is 0.0212. The predicted molar refractivity (Wildman–Crippen MR) is 305 cm³/mol. The summed E-state index contributed by atoms with van der Waals surface area (Å²) in [7, 11) is 0. The summed E-state index contributed by atoms with van der Waals surface area (Å²) in [4.78, 5) is 0. The van der Waals surface area contributed by atoms with Crippen molar-refractivity contribution in [2.75, 3.05) is 33.0 Å². The Kier molecular flexibility index (Phi) is 22.8. The van der Waals surface area contributed by atoms with Crippen LogP contribution in [0.15, 0.2) is 11.6 Å². The van der Waals surface area contributed by atoms with Crippen LogP contribution in [0.4, 0.5) is 0 Å². The van der Waals surface area contributed by atoms with Crippen molar-refractivity contribution in [3.05, 3.63) is 11.6 Å². The van der Waals surface area contributed by atoms with Gasteiger partial charge >= 0.3 is 0 Å². The van der Waals surface area contributed by atoms with Crippen molar-refractivity contribution in [2.45, 2.75) is 291 Å². The van der Waals surface area contributed by atoms with Crippen LogP contribution in [0.3, 0.4) is 0 Å². The Bertz CT molecular complexity index is 2360.